The summed E-state index contributed by atoms with van der Waals surface area (Å²) in [5.41, 5.74) is -4.83. The van der Waals surface area contributed by atoms with Crippen LogP contribution in [0.4, 0.5) is 35.1 Å². The van der Waals surface area contributed by atoms with Gasteiger partial charge in [0.25, 0.3) is 0 Å². The molecule has 1 saturated carbocycles. The lowest BCUT2D eigenvalue weighted by Crippen LogP contribution is -2.34. The molecule has 1 aliphatic carbocycles. The van der Waals surface area contributed by atoms with Gasteiger partial charge in [0.2, 0.25) is 11.7 Å². The molecule has 0 saturated heterocycles. The van der Waals surface area contributed by atoms with Crippen molar-refractivity contribution in [3.63, 3.8) is 0 Å². The van der Waals surface area contributed by atoms with Crippen LogP contribution in [0.5, 0.6) is 0 Å². The summed E-state index contributed by atoms with van der Waals surface area (Å²) in [5, 5.41) is 10.0. The number of rotatable bonds is 6. The lowest BCUT2D eigenvalue weighted by molar-refractivity contribution is -0.291. The van der Waals surface area contributed by atoms with Crippen molar-refractivity contribution in [2.45, 2.75) is 48.4 Å². The van der Waals surface area contributed by atoms with Crippen molar-refractivity contribution in [2.75, 3.05) is 5.75 Å². The summed E-state index contributed by atoms with van der Waals surface area (Å²) in [5.74, 6) is -6.72. The maximum Gasteiger partial charge on any atom is 0.459 e. The van der Waals surface area contributed by atoms with Crippen molar-refractivity contribution in [1.82, 2.24) is 34.9 Å². The van der Waals surface area contributed by atoms with E-state index in [1.807, 2.05) is 0 Å². The smallest absolute Gasteiger partial charge is 0.338 e. The van der Waals surface area contributed by atoms with Gasteiger partial charge < -0.3 is 9.09 Å². The number of halogens is 8. The van der Waals surface area contributed by atoms with Crippen molar-refractivity contribution in [3.05, 3.63) is 29.9 Å². The van der Waals surface area contributed by atoms with E-state index in [2.05, 4.69) is 30.3 Å². The first kappa shape index (κ1) is 27.8. The number of hydrogen-bond acceptors (Lipinski definition) is 9. The Labute approximate surface area is 218 Å². The standard InChI is InChI=1S/C21H16F8N8O2S/c1-3-40(30,38)11-6-9(14-33-17(39-36-14)18(4-5-18)20(24,25)26)8-31-13(11)16-32-10-7-12(19(22,23)21(27,28)29)34-35-15(10)37(16)2/h6-8,30H,3-5H2,1-2H3. The van der Waals surface area contributed by atoms with Crippen LogP contribution in [0.1, 0.15) is 31.4 Å². The zero-order valence-electron chi connectivity index (χ0n) is 20.2. The average molecular weight is 596 g/mol. The Balaban J connectivity index is 1.62. The fourth-order valence-corrected chi connectivity index (χ4v) is 5.00. The molecule has 214 valence electrons. The lowest BCUT2D eigenvalue weighted by Gasteiger charge is -2.17. The summed E-state index contributed by atoms with van der Waals surface area (Å²) in [7, 11) is -2.32. The Kier molecular flexibility index (Phi) is 5.98. The number of pyridine rings is 1. The Morgan fingerprint density at radius 1 is 1.07 bits per heavy atom. The van der Waals surface area contributed by atoms with Crippen LogP contribution in [0.3, 0.4) is 0 Å². The summed E-state index contributed by atoms with van der Waals surface area (Å²) >= 11 is 0. The lowest BCUT2D eigenvalue weighted by atomic mass is 10.1. The quantitative estimate of drug-likeness (QED) is 0.302. The number of aromatic nitrogens is 7. The first-order chi connectivity index (χ1) is 18.4. The molecule has 0 bridgehead atoms. The number of fused-ring (bicyclic) bond motifs is 1. The van der Waals surface area contributed by atoms with Gasteiger partial charge in [0, 0.05) is 24.6 Å². The number of nitrogens with one attached hydrogen (secondary N) is 1. The Morgan fingerprint density at radius 2 is 1.75 bits per heavy atom. The fraction of sp³-hybridized carbons (Fsp3) is 0.429. The van der Waals surface area contributed by atoms with E-state index in [4.69, 9.17) is 9.30 Å². The highest BCUT2D eigenvalue weighted by Gasteiger charge is 2.68. The second kappa shape index (κ2) is 8.61. The molecule has 0 radical (unpaired) electrons. The molecule has 1 aliphatic rings. The van der Waals surface area contributed by atoms with Crippen LogP contribution >= 0.6 is 0 Å². The number of alkyl halides is 8. The van der Waals surface area contributed by atoms with Gasteiger partial charge in [-0.15, -0.1) is 10.2 Å². The van der Waals surface area contributed by atoms with Crippen LogP contribution < -0.4 is 0 Å². The van der Waals surface area contributed by atoms with Gasteiger partial charge in [0.15, 0.2) is 11.5 Å². The van der Waals surface area contributed by atoms with Crippen molar-refractivity contribution in [1.29, 1.82) is 4.78 Å². The van der Waals surface area contributed by atoms with Crippen molar-refractivity contribution in [3.8, 4) is 22.9 Å². The summed E-state index contributed by atoms with van der Waals surface area (Å²) in [6, 6.07) is 1.55. The highest BCUT2D eigenvalue weighted by molar-refractivity contribution is 7.92. The molecule has 0 aromatic carbocycles. The molecule has 1 unspecified atom stereocenters. The zero-order chi connectivity index (χ0) is 29.5. The molecule has 10 nitrogen and oxygen atoms in total. The van der Waals surface area contributed by atoms with Gasteiger partial charge in [-0.25, -0.2) is 14.0 Å². The van der Waals surface area contributed by atoms with Crippen molar-refractivity contribution < 1.29 is 43.9 Å². The van der Waals surface area contributed by atoms with E-state index in [0.29, 0.717) is 6.07 Å². The number of imidazole rings is 1. The van der Waals surface area contributed by atoms with Crippen molar-refractivity contribution >= 4 is 20.9 Å². The molecule has 1 atom stereocenters. The minimum atomic E-state index is -5.94. The zero-order valence-corrected chi connectivity index (χ0v) is 21.0. The molecule has 1 N–H and O–H groups in total. The molecule has 0 aliphatic heterocycles. The molecule has 0 amide bonds. The highest BCUT2D eigenvalue weighted by atomic mass is 32.2. The van der Waals surface area contributed by atoms with E-state index in [1.54, 1.807) is 0 Å². The number of hydrogen-bond donors (Lipinski definition) is 1. The van der Waals surface area contributed by atoms with Crippen LogP contribution in [0, 0.1) is 4.78 Å². The molecule has 4 heterocycles. The summed E-state index contributed by atoms with van der Waals surface area (Å²) in [6.07, 6.45) is -9.94. The minimum absolute atomic E-state index is 0.0363. The van der Waals surface area contributed by atoms with Crippen LogP contribution in [-0.4, -0.2) is 57.2 Å². The maximum atomic E-state index is 13.8. The molecule has 40 heavy (non-hydrogen) atoms. The normalized spacial score (nSPS) is 17.2. The van der Waals surface area contributed by atoms with E-state index in [0.717, 1.165) is 16.8 Å². The average Bonchev–Trinajstić information content (AvgIpc) is 3.45. The molecular formula is C21H16F8N8O2S. The molecule has 0 spiro atoms. The van der Waals surface area contributed by atoms with Crippen LogP contribution in [0.2, 0.25) is 0 Å². The summed E-state index contributed by atoms with van der Waals surface area (Å²) in [4.78, 5) is 11.8. The predicted molar refractivity (Wildman–Crippen MR) is 119 cm³/mol. The van der Waals surface area contributed by atoms with Gasteiger partial charge >= 0.3 is 18.3 Å². The third kappa shape index (κ3) is 4.17. The molecule has 4 aromatic heterocycles. The van der Waals surface area contributed by atoms with Crippen LogP contribution in [0.25, 0.3) is 34.1 Å². The Bertz CT molecular complexity index is 1740. The fourth-order valence-electron chi connectivity index (χ4n) is 3.92. The maximum absolute atomic E-state index is 13.8. The third-order valence-electron chi connectivity index (χ3n) is 6.51. The molecular weight excluding hydrogens is 580 g/mol. The Morgan fingerprint density at radius 3 is 2.33 bits per heavy atom. The first-order valence-corrected chi connectivity index (χ1v) is 13.0. The monoisotopic (exact) mass is 596 g/mol. The molecule has 19 heteroatoms. The largest absolute Gasteiger partial charge is 0.459 e. The van der Waals surface area contributed by atoms with E-state index in [1.165, 1.54) is 14.0 Å². The van der Waals surface area contributed by atoms with Gasteiger partial charge in [0.1, 0.15) is 22.3 Å². The SMILES string of the molecule is CCS(=N)(=O)c1cc(-c2noc(C3(C(F)(F)F)CC3)n2)cnc1-c1nc2cc(C(F)(F)C(F)(F)F)nnc2n1C. The minimum Gasteiger partial charge on any atom is -0.338 e. The molecule has 5 rings (SSSR count). The molecule has 1 fully saturated rings. The van der Waals surface area contributed by atoms with Crippen LogP contribution in [0.15, 0.2) is 27.7 Å². The van der Waals surface area contributed by atoms with E-state index in [-0.39, 0.29) is 52.0 Å². The van der Waals surface area contributed by atoms with Gasteiger partial charge in [-0.3, -0.25) is 4.98 Å². The number of aryl methyl sites for hydroxylation is 1. The van der Waals surface area contributed by atoms with Gasteiger partial charge in [-0.05, 0) is 25.0 Å². The Hall–Kier alpha value is -3.77. The number of nitrogens with zero attached hydrogens (tertiary/aromatic N) is 7. The predicted octanol–water partition coefficient (Wildman–Crippen LogP) is 5.15. The van der Waals surface area contributed by atoms with Gasteiger partial charge in [0.05, 0.1) is 14.6 Å². The first-order valence-electron chi connectivity index (χ1n) is 11.3. The third-order valence-corrected chi connectivity index (χ3v) is 8.34. The summed E-state index contributed by atoms with van der Waals surface area (Å²) < 4.78 is 134. The van der Waals surface area contributed by atoms with E-state index in [9.17, 15) is 39.3 Å². The second-order valence-electron chi connectivity index (χ2n) is 9.04. The van der Waals surface area contributed by atoms with E-state index >= 15 is 0 Å². The van der Waals surface area contributed by atoms with Crippen molar-refractivity contribution in [2.24, 2.45) is 7.05 Å². The van der Waals surface area contributed by atoms with Gasteiger partial charge in [-0.1, -0.05) is 12.1 Å². The second-order valence-corrected chi connectivity index (χ2v) is 11.4. The summed E-state index contributed by atoms with van der Waals surface area (Å²) in [6.45, 7) is 1.42. The van der Waals surface area contributed by atoms with Crippen LogP contribution in [-0.2, 0) is 28.1 Å². The highest BCUT2D eigenvalue weighted by Crippen LogP contribution is 2.58. The van der Waals surface area contributed by atoms with E-state index < -0.39 is 50.5 Å². The topological polar surface area (TPSA) is 136 Å². The molecule has 4 aromatic rings. The van der Waals surface area contributed by atoms with Gasteiger partial charge in [-0.2, -0.15) is 40.1 Å².